The molecule has 0 radical (unpaired) electrons. The number of carbonyl (C=O) groups is 2. The van der Waals surface area contributed by atoms with Crippen LogP contribution in [0.15, 0.2) is 42.5 Å². The van der Waals surface area contributed by atoms with E-state index in [1.165, 1.54) is 14.0 Å². The molecule has 0 saturated heterocycles. The molecule has 0 N–H and O–H groups in total. The summed E-state index contributed by atoms with van der Waals surface area (Å²) in [5, 5.41) is 0. The van der Waals surface area contributed by atoms with Gasteiger partial charge in [-0.1, -0.05) is 0 Å². The van der Waals surface area contributed by atoms with Gasteiger partial charge in [-0.2, -0.15) is 0 Å². The van der Waals surface area contributed by atoms with Crippen LogP contribution in [-0.2, 0) is 11.3 Å². The first kappa shape index (κ1) is 16.5. The topological polar surface area (TPSA) is 52.6 Å². The molecule has 0 aromatic heterocycles. The second-order valence-electron chi connectivity index (χ2n) is 4.67. The Morgan fingerprint density at radius 2 is 1.68 bits per heavy atom. The average Bonchev–Trinajstić information content (AvgIpc) is 2.52. The normalized spacial score (nSPS) is 10.1. The monoisotopic (exact) mass is 410 g/mol. The lowest BCUT2D eigenvalue weighted by Crippen LogP contribution is -2.07. The van der Waals surface area contributed by atoms with Crippen molar-refractivity contribution >= 4 is 34.3 Å². The lowest BCUT2D eigenvalue weighted by Gasteiger charge is -2.10. The van der Waals surface area contributed by atoms with Gasteiger partial charge in [-0.15, -0.1) is 0 Å². The van der Waals surface area contributed by atoms with Crippen molar-refractivity contribution < 1.29 is 19.1 Å². The molecule has 4 nitrogen and oxygen atoms in total. The van der Waals surface area contributed by atoms with Crippen LogP contribution in [0.5, 0.6) is 5.75 Å². The Kier molecular flexibility index (Phi) is 5.54. The number of Topliss-reactive ketones (excluding diaryl/α,β-unsaturated/α-hetero) is 1. The molecule has 0 aliphatic rings. The highest BCUT2D eigenvalue weighted by Gasteiger charge is 2.11. The van der Waals surface area contributed by atoms with Gasteiger partial charge in [0.1, 0.15) is 12.4 Å². The fourth-order valence-corrected chi connectivity index (χ4v) is 2.28. The van der Waals surface area contributed by atoms with Crippen molar-refractivity contribution in [3.05, 3.63) is 62.7 Å². The van der Waals surface area contributed by atoms with E-state index in [-0.39, 0.29) is 12.4 Å². The van der Waals surface area contributed by atoms with Gasteiger partial charge in [-0.3, -0.25) is 4.79 Å². The van der Waals surface area contributed by atoms with Crippen LogP contribution in [0.4, 0.5) is 0 Å². The third kappa shape index (κ3) is 4.07. The standard InChI is InChI=1S/C17H15IO4/c1-11(19)13-5-8-16(21-2)14(9-13)10-22-17(20)12-3-6-15(18)7-4-12/h3-9H,10H2,1-2H3. The van der Waals surface area contributed by atoms with E-state index in [0.717, 1.165) is 3.57 Å². The number of methoxy groups -OCH3 is 1. The summed E-state index contributed by atoms with van der Waals surface area (Å²) in [7, 11) is 1.53. The van der Waals surface area contributed by atoms with Gasteiger partial charge in [-0.25, -0.2) is 4.79 Å². The van der Waals surface area contributed by atoms with Crippen molar-refractivity contribution in [2.24, 2.45) is 0 Å². The van der Waals surface area contributed by atoms with Gasteiger partial charge >= 0.3 is 5.97 Å². The van der Waals surface area contributed by atoms with E-state index >= 15 is 0 Å². The maximum Gasteiger partial charge on any atom is 0.338 e. The zero-order valence-electron chi connectivity index (χ0n) is 12.3. The SMILES string of the molecule is COc1ccc(C(C)=O)cc1COC(=O)c1ccc(I)cc1. The van der Waals surface area contributed by atoms with E-state index in [2.05, 4.69) is 22.6 Å². The second-order valence-corrected chi connectivity index (χ2v) is 5.91. The zero-order chi connectivity index (χ0) is 16.1. The molecule has 0 spiro atoms. The maximum atomic E-state index is 12.0. The largest absolute Gasteiger partial charge is 0.496 e. The summed E-state index contributed by atoms with van der Waals surface area (Å²) in [6.07, 6.45) is 0. The predicted molar refractivity (Wildman–Crippen MR) is 91.3 cm³/mol. The van der Waals surface area contributed by atoms with E-state index in [9.17, 15) is 9.59 Å². The lowest BCUT2D eigenvalue weighted by molar-refractivity contribution is 0.0470. The van der Waals surface area contributed by atoms with E-state index in [0.29, 0.717) is 22.4 Å². The molecule has 2 aromatic carbocycles. The molecule has 22 heavy (non-hydrogen) atoms. The van der Waals surface area contributed by atoms with E-state index in [1.54, 1.807) is 30.3 Å². The fraction of sp³-hybridized carbons (Fsp3) is 0.176. The summed E-state index contributed by atoms with van der Waals surface area (Å²) in [6.45, 7) is 1.54. The van der Waals surface area contributed by atoms with Crippen LogP contribution in [0.1, 0.15) is 33.2 Å². The molecule has 0 atom stereocenters. The molecule has 0 aliphatic heterocycles. The summed E-state index contributed by atoms with van der Waals surface area (Å²) in [5.41, 5.74) is 1.71. The third-order valence-electron chi connectivity index (χ3n) is 3.13. The van der Waals surface area contributed by atoms with Gasteiger partial charge in [0.05, 0.1) is 12.7 Å². The van der Waals surface area contributed by atoms with Gasteiger partial charge in [0.25, 0.3) is 0 Å². The number of ketones is 1. The number of carbonyl (C=O) groups excluding carboxylic acids is 2. The number of hydrogen-bond acceptors (Lipinski definition) is 4. The Balaban J connectivity index is 2.13. The molecule has 0 amide bonds. The maximum absolute atomic E-state index is 12.0. The highest BCUT2D eigenvalue weighted by atomic mass is 127. The zero-order valence-corrected chi connectivity index (χ0v) is 14.4. The smallest absolute Gasteiger partial charge is 0.338 e. The van der Waals surface area contributed by atoms with Crippen LogP contribution in [0.3, 0.4) is 0 Å². The summed E-state index contributed by atoms with van der Waals surface area (Å²) < 4.78 is 11.6. The number of hydrogen-bond donors (Lipinski definition) is 0. The molecule has 0 bridgehead atoms. The molecule has 0 fully saturated rings. The van der Waals surface area contributed by atoms with Gasteiger partial charge in [0.2, 0.25) is 0 Å². The minimum atomic E-state index is -0.410. The van der Waals surface area contributed by atoms with E-state index < -0.39 is 5.97 Å². The summed E-state index contributed by atoms with van der Waals surface area (Å²) in [6, 6.07) is 12.2. The number of ether oxygens (including phenoxy) is 2. The van der Waals surface area contributed by atoms with Crippen molar-refractivity contribution in [1.82, 2.24) is 0 Å². The molecule has 0 unspecified atom stereocenters. The van der Waals surface area contributed by atoms with Crippen LogP contribution < -0.4 is 4.74 Å². The van der Waals surface area contributed by atoms with Crippen LogP contribution in [-0.4, -0.2) is 18.9 Å². The van der Waals surface area contributed by atoms with Crippen LogP contribution >= 0.6 is 22.6 Å². The third-order valence-corrected chi connectivity index (χ3v) is 3.84. The van der Waals surface area contributed by atoms with Crippen LogP contribution in [0.25, 0.3) is 0 Å². The quantitative estimate of drug-likeness (QED) is 0.427. The first-order chi connectivity index (χ1) is 10.5. The van der Waals surface area contributed by atoms with E-state index in [4.69, 9.17) is 9.47 Å². The minimum Gasteiger partial charge on any atom is -0.496 e. The number of benzene rings is 2. The van der Waals surface area contributed by atoms with Crippen molar-refractivity contribution in [3.63, 3.8) is 0 Å². The lowest BCUT2D eigenvalue weighted by atomic mass is 10.1. The van der Waals surface area contributed by atoms with Crippen molar-refractivity contribution in [2.45, 2.75) is 13.5 Å². The molecule has 114 valence electrons. The molecular weight excluding hydrogens is 395 g/mol. The second kappa shape index (κ2) is 7.40. The van der Waals surface area contributed by atoms with Gasteiger partial charge in [0, 0.05) is 14.7 Å². The molecule has 0 saturated carbocycles. The first-order valence-corrected chi connectivity index (χ1v) is 7.69. The average molecular weight is 410 g/mol. The predicted octanol–water partition coefficient (Wildman–Crippen LogP) is 3.86. The molecule has 2 aromatic rings. The van der Waals surface area contributed by atoms with Gasteiger partial charge in [-0.05, 0) is 72.0 Å². The summed E-state index contributed by atoms with van der Waals surface area (Å²) in [5.74, 6) is 0.125. The van der Waals surface area contributed by atoms with Crippen LogP contribution in [0, 0.1) is 3.57 Å². The van der Waals surface area contributed by atoms with Crippen molar-refractivity contribution in [1.29, 1.82) is 0 Å². The Labute approximate surface area is 142 Å². The molecule has 5 heteroatoms. The summed E-state index contributed by atoms with van der Waals surface area (Å²) >= 11 is 2.17. The minimum absolute atomic E-state index is 0.0483. The van der Waals surface area contributed by atoms with Crippen LogP contribution in [0.2, 0.25) is 0 Å². The Hall–Kier alpha value is -1.89. The molecular formula is C17H15IO4. The number of halogens is 1. The van der Waals surface area contributed by atoms with Gasteiger partial charge in [0.15, 0.2) is 5.78 Å². The van der Waals surface area contributed by atoms with Crippen molar-refractivity contribution in [2.75, 3.05) is 7.11 Å². The van der Waals surface area contributed by atoms with E-state index in [1.807, 2.05) is 12.1 Å². The molecule has 0 heterocycles. The van der Waals surface area contributed by atoms with Gasteiger partial charge < -0.3 is 9.47 Å². The molecule has 2 rings (SSSR count). The Morgan fingerprint density at radius 1 is 1.05 bits per heavy atom. The first-order valence-electron chi connectivity index (χ1n) is 6.62. The molecule has 0 aliphatic carbocycles. The van der Waals surface area contributed by atoms with Crippen molar-refractivity contribution in [3.8, 4) is 5.75 Å². The summed E-state index contributed by atoms with van der Waals surface area (Å²) in [4.78, 5) is 23.5. The Morgan fingerprint density at radius 3 is 2.27 bits per heavy atom. The highest BCUT2D eigenvalue weighted by Crippen LogP contribution is 2.21. The highest BCUT2D eigenvalue weighted by molar-refractivity contribution is 14.1. The fourth-order valence-electron chi connectivity index (χ4n) is 1.92. The number of rotatable bonds is 5. The Bertz CT molecular complexity index is 692. The number of esters is 1.